The fraction of sp³-hybridized carbons (Fsp3) is 0.750. The van der Waals surface area contributed by atoms with Crippen LogP contribution in [0.25, 0.3) is 0 Å². The van der Waals surface area contributed by atoms with E-state index in [9.17, 15) is 8.42 Å². The molecule has 1 fully saturated rings. The maximum atomic E-state index is 12.4. The predicted octanol–water partition coefficient (Wildman–Crippen LogP) is 0.857. The van der Waals surface area contributed by atoms with Crippen LogP contribution in [-0.2, 0) is 10.0 Å². The zero-order valence-electron chi connectivity index (χ0n) is 11.4. The van der Waals surface area contributed by atoms with E-state index in [1.807, 2.05) is 13.8 Å². The standard InChI is InChI=1S/C12H21N3O3S/c1-10(2)14-7-12(13-9-14)19(17,18)15-5-3-11(8-16)4-6-15/h7,9-11,16H,3-6,8H2,1-2H3. The molecule has 1 aromatic heterocycles. The molecule has 19 heavy (non-hydrogen) atoms. The van der Waals surface area contributed by atoms with E-state index in [2.05, 4.69) is 4.98 Å². The normalized spacial score (nSPS) is 19.2. The van der Waals surface area contributed by atoms with Crippen LogP contribution in [0.4, 0.5) is 0 Å². The smallest absolute Gasteiger partial charge is 0.262 e. The maximum absolute atomic E-state index is 12.4. The molecule has 0 amide bonds. The van der Waals surface area contributed by atoms with Gasteiger partial charge in [0, 0.05) is 31.9 Å². The molecule has 1 N–H and O–H groups in total. The zero-order chi connectivity index (χ0) is 14.0. The lowest BCUT2D eigenvalue weighted by atomic mass is 10.00. The van der Waals surface area contributed by atoms with E-state index in [4.69, 9.17) is 5.11 Å². The molecule has 1 saturated heterocycles. The van der Waals surface area contributed by atoms with Crippen LogP contribution in [0, 0.1) is 5.92 Å². The number of aromatic nitrogens is 2. The molecule has 1 aliphatic heterocycles. The van der Waals surface area contributed by atoms with Crippen LogP contribution in [0.5, 0.6) is 0 Å². The van der Waals surface area contributed by atoms with Gasteiger partial charge in [0.1, 0.15) is 0 Å². The van der Waals surface area contributed by atoms with E-state index in [-0.39, 0.29) is 23.6 Å². The summed E-state index contributed by atoms with van der Waals surface area (Å²) in [6.45, 7) is 5.01. The third-order valence-corrected chi connectivity index (χ3v) is 5.39. The number of aliphatic hydroxyl groups excluding tert-OH is 1. The summed E-state index contributed by atoms with van der Waals surface area (Å²) in [6, 6.07) is 0.191. The van der Waals surface area contributed by atoms with Crippen molar-refractivity contribution in [3.05, 3.63) is 12.5 Å². The SMILES string of the molecule is CC(C)n1cnc(S(=O)(=O)N2CCC(CO)CC2)c1. The van der Waals surface area contributed by atoms with Crippen molar-refractivity contribution in [2.45, 2.75) is 37.8 Å². The summed E-state index contributed by atoms with van der Waals surface area (Å²) < 4.78 is 28.1. The Balaban J connectivity index is 2.13. The molecule has 2 rings (SSSR count). The number of rotatable bonds is 4. The van der Waals surface area contributed by atoms with Crippen LogP contribution >= 0.6 is 0 Å². The zero-order valence-corrected chi connectivity index (χ0v) is 12.2. The minimum atomic E-state index is -3.49. The maximum Gasteiger partial charge on any atom is 0.262 e. The van der Waals surface area contributed by atoms with Crippen molar-refractivity contribution in [1.82, 2.24) is 13.9 Å². The van der Waals surface area contributed by atoms with Gasteiger partial charge in [-0.05, 0) is 32.6 Å². The van der Waals surface area contributed by atoms with Gasteiger partial charge in [-0.15, -0.1) is 0 Å². The Bertz CT molecular complexity index is 516. The van der Waals surface area contributed by atoms with E-state index in [1.54, 1.807) is 17.1 Å². The molecule has 0 bridgehead atoms. The third kappa shape index (κ3) is 2.98. The summed E-state index contributed by atoms with van der Waals surface area (Å²) in [7, 11) is -3.49. The molecular formula is C12H21N3O3S. The van der Waals surface area contributed by atoms with Crippen LogP contribution < -0.4 is 0 Å². The summed E-state index contributed by atoms with van der Waals surface area (Å²) in [4.78, 5) is 4.01. The summed E-state index contributed by atoms with van der Waals surface area (Å²) in [6.07, 6.45) is 4.55. The van der Waals surface area contributed by atoms with Gasteiger partial charge in [0.2, 0.25) is 0 Å². The van der Waals surface area contributed by atoms with E-state index in [0.717, 1.165) is 0 Å². The summed E-state index contributed by atoms with van der Waals surface area (Å²) >= 11 is 0. The summed E-state index contributed by atoms with van der Waals surface area (Å²) in [5.41, 5.74) is 0. The number of imidazole rings is 1. The van der Waals surface area contributed by atoms with Gasteiger partial charge in [0.15, 0.2) is 5.03 Å². The fourth-order valence-electron chi connectivity index (χ4n) is 2.20. The molecule has 0 spiro atoms. The average molecular weight is 287 g/mol. The van der Waals surface area contributed by atoms with Gasteiger partial charge in [0.05, 0.1) is 6.33 Å². The second-order valence-electron chi connectivity index (χ2n) is 5.28. The molecular weight excluding hydrogens is 266 g/mol. The molecule has 1 aliphatic rings. The van der Waals surface area contributed by atoms with E-state index < -0.39 is 10.0 Å². The predicted molar refractivity (Wildman–Crippen MR) is 71.2 cm³/mol. The minimum absolute atomic E-state index is 0.114. The minimum Gasteiger partial charge on any atom is -0.396 e. The van der Waals surface area contributed by atoms with Crippen molar-refractivity contribution in [3.63, 3.8) is 0 Å². The number of hydrogen-bond donors (Lipinski definition) is 1. The second kappa shape index (κ2) is 5.60. The van der Waals surface area contributed by atoms with Gasteiger partial charge >= 0.3 is 0 Å². The first kappa shape index (κ1) is 14.5. The Hall–Kier alpha value is -0.920. The van der Waals surface area contributed by atoms with Crippen molar-refractivity contribution in [2.24, 2.45) is 5.92 Å². The van der Waals surface area contributed by atoms with Gasteiger partial charge in [-0.25, -0.2) is 13.4 Å². The molecule has 0 radical (unpaired) electrons. The quantitative estimate of drug-likeness (QED) is 0.891. The largest absolute Gasteiger partial charge is 0.396 e. The Kier molecular flexibility index (Phi) is 4.27. The van der Waals surface area contributed by atoms with Gasteiger partial charge in [-0.3, -0.25) is 0 Å². The summed E-state index contributed by atoms with van der Waals surface area (Å²) in [5, 5.41) is 9.19. The molecule has 6 nitrogen and oxygen atoms in total. The number of hydrogen-bond acceptors (Lipinski definition) is 4. The second-order valence-corrected chi connectivity index (χ2v) is 7.17. The van der Waals surface area contributed by atoms with Crippen molar-refractivity contribution < 1.29 is 13.5 Å². The molecule has 108 valence electrons. The van der Waals surface area contributed by atoms with E-state index in [1.165, 1.54) is 4.31 Å². The molecule has 7 heteroatoms. The van der Waals surface area contributed by atoms with Gasteiger partial charge in [0.25, 0.3) is 10.0 Å². The highest BCUT2D eigenvalue weighted by molar-refractivity contribution is 7.89. The average Bonchev–Trinajstić information content (AvgIpc) is 2.89. The molecule has 0 aliphatic carbocycles. The molecule has 0 atom stereocenters. The third-order valence-electron chi connectivity index (χ3n) is 3.61. The highest BCUT2D eigenvalue weighted by Crippen LogP contribution is 2.23. The summed E-state index contributed by atoms with van der Waals surface area (Å²) in [5.74, 6) is 0.222. The lowest BCUT2D eigenvalue weighted by molar-refractivity contribution is 0.170. The number of nitrogens with zero attached hydrogens (tertiary/aromatic N) is 3. The Morgan fingerprint density at radius 1 is 1.42 bits per heavy atom. The highest BCUT2D eigenvalue weighted by atomic mass is 32.2. The molecule has 0 saturated carbocycles. The monoisotopic (exact) mass is 287 g/mol. The highest BCUT2D eigenvalue weighted by Gasteiger charge is 2.30. The molecule has 0 unspecified atom stereocenters. The number of sulfonamides is 1. The van der Waals surface area contributed by atoms with Gasteiger partial charge in [-0.1, -0.05) is 0 Å². The van der Waals surface area contributed by atoms with Crippen LogP contribution in [0.2, 0.25) is 0 Å². The topological polar surface area (TPSA) is 75.4 Å². The number of piperidine rings is 1. The number of aliphatic hydroxyl groups is 1. The van der Waals surface area contributed by atoms with Crippen LogP contribution in [0.15, 0.2) is 17.6 Å². The van der Waals surface area contributed by atoms with Gasteiger partial charge < -0.3 is 9.67 Å². The lowest BCUT2D eigenvalue weighted by Crippen LogP contribution is -2.39. The molecule has 2 heterocycles. The lowest BCUT2D eigenvalue weighted by Gasteiger charge is -2.29. The van der Waals surface area contributed by atoms with Crippen LogP contribution in [0.3, 0.4) is 0 Å². The van der Waals surface area contributed by atoms with Crippen molar-refractivity contribution >= 4 is 10.0 Å². The van der Waals surface area contributed by atoms with Crippen LogP contribution in [-0.4, -0.2) is 47.1 Å². The molecule has 0 aromatic carbocycles. The molecule has 1 aromatic rings. The Labute approximate surface area is 114 Å². The first-order valence-electron chi connectivity index (χ1n) is 6.59. The fourth-order valence-corrected chi connectivity index (χ4v) is 3.59. The van der Waals surface area contributed by atoms with Gasteiger partial charge in [-0.2, -0.15) is 4.31 Å². The Morgan fingerprint density at radius 3 is 2.53 bits per heavy atom. The first-order chi connectivity index (χ1) is 8.95. The van der Waals surface area contributed by atoms with E-state index in [0.29, 0.717) is 25.9 Å². The van der Waals surface area contributed by atoms with Crippen LogP contribution in [0.1, 0.15) is 32.7 Å². The van der Waals surface area contributed by atoms with Crippen molar-refractivity contribution in [1.29, 1.82) is 0 Å². The van der Waals surface area contributed by atoms with Crippen molar-refractivity contribution in [3.8, 4) is 0 Å². The Morgan fingerprint density at radius 2 is 2.05 bits per heavy atom. The van der Waals surface area contributed by atoms with E-state index >= 15 is 0 Å². The van der Waals surface area contributed by atoms with Crippen molar-refractivity contribution in [2.75, 3.05) is 19.7 Å². The first-order valence-corrected chi connectivity index (χ1v) is 8.03.